The van der Waals surface area contributed by atoms with Crippen LogP contribution >= 0.6 is 31.9 Å². The highest BCUT2D eigenvalue weighted by molar-refractivity contribution is 9.10. The molecule has 0 aliphatic heterocycles. The molecule has 0 bridgehead atoms. The molecule has 2 heterocycles. The predicted molar refractivity (Wildman–Crippen MR) is 82.2 cm³/mol. The van der Waals surface area contributed by atoms with Crippen molar-refractivity contribution in [3.8, 4) is 11.4 Å². The van der Waals surface area contributed by atoms with Gasteiger partial charge in [0.25, 0.3) is 5.56 Å². The van der Waals surface area contributed by atoms with Gasteiger partial charge in [0.1, 0.15) is 10.3 Å². The SMILES string of the molecule is CC(C)(C)c1nc(-c2cncc(Br)c2)[nH]c(=O)c1Br. The quantitative estimate of drug-likeness (QED) is 0.813. The zero-order chi connectivity index (χ0) is 14.2. The first-order valence-corrected chi connectivity index (χ1v) is 7.29. The molecule has 0 aliphatic carbocycles. The van der Waals surface area contributed by atoms with Crippen LogP contribution in [-0.4, -0.2) is 15.0 Å². The van der Waals surface area contributed by atoms with E-state index in [4.69, 9.17) is 0 Å². The summed E-state index contributed by atoms with van der Waals surface area (Å²) >= 11 is 6.66. The van der Waals surface area contributed by atoms with Crippen LogP contribution in [-0.2, 0) is 5.41 Å². The van der Waals surface area contributed by atoms with Crippen LogP contribution in [0.3, 0.4) is 0 Å². The van der Waals surface area contributed by atoms with E-state index >= 15 is 0 Å². The second-order valence-corrected chi connectivity index (χ2v) is 6.93. The largest absolute Gasteiger partial charge is 0.305 e. The number of aromatic amines is 1. The highest BCUT2D eigenvalue weighted by atomic mass is 79.9. The summed E-state index contributed by atoms with van der Waals surface area (Å²) in [5.74, 6) is 0.520. The highest BCUT2D eigenvalue weighted by Gasteiger charge is 2.22. The third-order valence-electron chi connectivity index (χ3n) is 2.55. The van der Waals surface area contributed by atoms with Crippen molar-refractivity contribution < 1.29 is 0 Å². The lowest BCUT2D eigenvalue weighted by molar-refractivity contribution is 0.562. The molecule has 100 valence electrons. The Balaban J connectivity index is 2.67. The molecular formula is C13H13Br2N3O. The van der Waals surface area contributed by atoms with Crippen LogP contribution in [0, 0.1) is 0 Å². The molecule has 0 aromatic carbocycles. The molecular weight excluding hydrogens is 374 g/mol. The Hall–Kier alpha value is -1.01. The lowest BCUT2D eigenvalue weighted by Gasteiger charge is -2.19. The number of nitrogens with one attached hydrogen (secondary N) is 1. The van der Waals surface area contributed by atoms with Crippen LogP contribution in [0.15, 0.2) is 32.2 Å². The van der Waals surface area contributed by atoms with Gasteiger partial charge in [-0.25, -0.2) is 4.98 Å². The molecule has 4 nitrogen and oxygen atoms in total. The average molecular weight is 387 g/mol. The van der Waals surface area contributed by atoms with Crippen molar-refractivity contribution in [2.75, 3.05) is 0 Å². The molecule has 0 saturated heterocycles. The molecule has 19 heavy (non-hydrogen) atoms. The van der Waals surface area contributed by atoms with Gasteiger partial charge in [-0.3, -0.25) is 9.78 Å². The summed E-state index contributed by atoms with van der Waals surface area (Å²) in [6, 6.07) is 1.87. The predicted octanol–water partition coefficient (Wildman–Crippen LogP) is 3.65. The lowest BCUT2D eigenvalue weighted by Crippen LogP contribution is -2.22. The summed E-state index contributed by atoms with van der Waals surface area (Å²) in [5, 5.41) is 0. The third kappa shape index (κ3) is 3.12. The Morgan fingerprint density at radius 1 is 1.21 bits per heavy atom. The van der Waals surface area contributed by atoms with Crippen LogP contribution < -0.4 is 5.56 Å². The number of hydrogen-bond donors (Lipinski definition) is 1. The minimum atomic E-state index is -0.221. The Morgan fingerprint density at radius 2 is 1.89 bits per heavy atom. The number of H-pyrrole nitrogens is 1. The second-order valence-electron chi connectivity index (χ2n) is 5.22. The monoisotopic (exact) mass is 385 g/mol. The van der Waals surface area contributed by atoms with Gasteiger partial charge in [-0.15, -0.1) is 0 Å². The molecule has 0 atom stereocenters. The Kier molecular flexibility index (Phi) is 3.92. The maximum atomic E-state index is 12.0. The van der Waals surface area contributed by atoms with Gasteiger partial charge in [0, 0.05) is 27.8 Å². The van der Waals surface area contributed by atoms with Crippen LogP contribution in [0.1, 0.15) is 26.5 Å². The number of halogens is 2. The number of nitrogens with zero attached hydrogens (tertiary/aromatic N) is 2. The third-order valence-corrected chi connectivity index (χ3v) is 3.72. The van der Waals surface area contributed by atoms with Gasteiger partial charge in [-0.05, 0) is 37.9 Å². The molecule has 1 N–H and O–H groups in total. The Bertz CT molecular complexity index is 674. The molecule has 0 saturated carbocycles. The first-order chi connectivity index (χ1) is 8.79. The van der Waals surface area contributed by atoms with E-state index in [0.717, 1.165) is 15.7 Å². The van der Waals surface area contributed by atoms with E-state index in [0.29, 0.717) is 10.3 Å². The summed E-state index contributed by atoms with van der Waals surface area (Å²) < 4.78 is 1.32. The van der Waals surface area contributed by atoms with Crippen molar-refractivity contribution in [2.45, 2.75) is 26.2 Å². The molecule has 2 rings (SSSR count). The number of rotatable bonds is 1. The summed E-state index contributed by atoms with van der Waals surface area (Å²) in [4.78, 5) is 23.4. The van der Waals surface area contributed by atoms with Gasteiger partial charge in [-0.1, -0.05) is 20.8 Å². The van der Waals surface area contributed by atoms with E-state index in [-0.39, 0.29) is 11.0 Å². The number of aromatic nitrogens is 3. The van der Waals surface area contributed by atoms with Crippen molar-refractivity contribution in [3.63, 3.8) is 0 Å². The summed E-state index contributed by atoms with van der Waals surface area (Å²) in [6.45, 7) is 6.05. The fourth-order valence-corrected chi connectivity index (χ4v) is 2.78. The molecule has 0 aliphatic rings. The van der Waals surface area contributed by atoms with Crippen molar-refractivity contribution >= 4 is 31.9 Å². The van der Waals surface area contributed by atoms with E-state index in [1.807, 2.05) is 26.8 Å². The van der Waals surface area contributed by atoms with E-state index in [2.05, 4.69) is 46.8 Å². The van der Waals surface area contributed by atoms with E-state index < -0.39 is 0 Å². The van der Waals surface area contributed by atoms with E-state index in [1.54, 1.807) is 12.4 Å². The minimum absolute atomic E-state index is 0.185. The van der Waals surface area contributed by atoms with Gasteiger partial charge in [0.2, 0.25) is 0 Å². The van der Waals surface area contributed by atoms with Crippen molar-refractivity contribution in [1.82, 2.24) is 15.0 Å². The van der Waals surface area contributed by atoms with Gasteiger partial charge in [0.15, 0.2) is 0 Å². The molecule has 0 spiro atoms. The lowest BCUT2D eigenvalue weighted by atomic mass is 9.92. The smallest absolute Gasteiger partial charge is 0.265 e. The molecule has 0 unspecified atom stereocenters. The molecule has 0 radical (unpaired) electrons. The molecule has 0 fully saturated rings. The zero-order valence-electron chi connectivity index (χ0n) is 10.8. The summed E-state index contributed by atoms with van der Waals surface area (Å²) in [7, 11) is 0. The number of hydrogen-bond acceptors (Lipinski definition) is 3. The van der Waals surface area contributed by atoms with Gasteiger partial charge >= 0.3 is 0 Å². The number of pyridine rings is 1. The van der Waals surface area contributed by atoms with Crippen LogP contribution in [0.2, 0.25) is 0 Å². The fraction of sp³-hybridized carbons (Fsp3) is 0.308. The van der Waals surface area contributed by atoms with Crippen molar-refractivity contribution in [3.05, 3.63) is 43.5 Å². The molecule has 0 amide bonds. The van der Waals surface area contributed by atoms with Crippen LogP contribution in [0.25, 0.3) is 11.4 Å². The van der Waals surface area contributed by atoms with Gasteiger partial charge in [-0.2, -0.15) is 0 Å². The zero-order valence-corrected chi connectivity index (χ0v) is 14.0. The van der Waals surface area contributed by atoms with Gasteiger partial charge < -0.3 is 4.98 Å². The fourth-order valence-electron chi connectivity index (χ4n) is 1.63. The average Bonchev–Trinajstić information content (AvgIpc) is 2.31. The van der Waals surface area contributed by atoms with E-state index in [1.165, 1.54) is 0 Å². The van der Waals surface area contributed by atoms with Crippen LogP contribution in [0.4, 0.5) is 0 Å². The second kappa shape index (κ2) is 5.17. The van der Waals surface area contributed by atoms with Gasteiger partial charge in [0.05, 0.1) is 5.69 Å². The molecule has 2 aromatic heterocycles. The molecule has 2 aromatic rings. The topological polar surface area (TPSA) is 58.6 Å². The normalized spacial score (nSPS) is 11.6. The standard InChI is InChI=1S/C13H13Br2N3O/c1-13(2,3)10-9(15)12(19)18-11(17-10)7-4-8(14)6-16-5-7/h4-6H,1-3H3,(H,17,18,19). The summed E-state index contributed by atoms with van der Waals surface area (Å²) in [5.41, 5.74) is 1.09. The van der Waals surface area contributed by atoms with Crippen molar-refractivity contribution in [1.29, 1.82) is 0 Å². The maximum absolute atomic E-state index is 12.0. The van der Waals surface area contributed by atoms with E-state index in [9.17, 15) is 4.79 Å². The Labute approximate surface area is 128 Å². The summed E-state index contributed by atoms with van der Waals surface area (Å²) in [6.07, 6.45) is 3.36. The Morgan fingerprint density at radius 3 is 2.47 bits per heavy atom. The maximum Gasteiger partial charge on any atom is 0.265 e. The van der Waals surface area contributed by atoms with Crippen molar-refractivity contribution in [2.24, 2.45) is 0 Å². The molecule has 6 heteroatoms. The minimum Gasteiger partial charge on any atom is -0.305 e. The first kappa shape index (κ1) is 14.4. The first-order valence-electron chi connectivity index (χ1n) is 5.70. The highest BCUT2D eigenvalue weighted by Crippen LogP contribution is 2.27. The van der Waals surface area contributed by atoms with Crippen LogP contribution in [0.5, 0.6) is 0 Å².